The van der Waals surface area contributed by atoms with E-state index in [-0.39, 0.29) is 16.2 Å². The molecule has 0 saturated heterocycles. The second-order valence-electron chi connectivity index (χ2n) is 26.4. The van der Waals surface area contributed by atoms with Crippen LogP contribution in [0.4, 0.5) is 17.1 Å². The van der Waals surface area contributed by atoms with E-state index in [0.29, 0.717) is 0 Å². The molecular weight excluding hydrogens is 1030 g/mol. The van der Waals surface area contributed by atoms with Crippen LogP contribution in [0.3, 0.4) is 0 Å². The quantitative estimate of drug-likeness (QED) is 0.0481. The van der Waals surface area contributed by atoms with E-state index < -0.39 is 5.41 Å². The Morgan fingerprint density at radius 3 is 1.66 bits per heavy atom. The molecule has 4 atom stereocenters. The second kappa shape index (κ2) is 22.3. The van der Waals surface area contributed by atoms with Crippen molar-refractivity contribution in [2.45, 2.75) is 130 Å². The van der Waals surface area contributed by atoms with Crippen LogP contribution < -0.4 is 9.80 Å². The van der Waals surface area contributed by atoms with Gasteiger partial charge in [0.25, 0.3) is 0 Å². The summed E-state index contributed by atoms with van der Waals surface area (Å²) in [5, 5.41) is 10.3. The van der Waals surface area contributed by atoms with E-state index in [1.807, 2.05) is 0 Å². The summed E-state index contributed by atoms with van der Waals surface area (Å²) < 4.78 is 2.53. The van der Waals surface area contributed by atoms with Gasteiger partial charge in [0, 0.05) is 70.3 Å². The predicted octanol–water partition coefficient (Wildman–Crippen LogP) is 21.3. The third-order valence-electron chi connectivity index (χ3n) is 19.4. The zero-order chi connectivity index (χ0) is 60.5. The molecule has 0 amide bonds. The summed E-state index contributed by atoms with van der Waals surface area (Å²) in [4.78, 5) is 4.99. The van der Waals surface area contributed by atoms with Crippen LogP contribution in [0.2, 0.25) is 0 Å². The van der Waals surface area contributed by atoms with Crippen molar-refractivity contribution in [3.63, 3.8) is 0 Å². The highest BCUT2D eigenvalue weighted by Crippen LogP contribution is 2.56. The molecule has 4 unspecified atom stereocenters. The van der Waals surface area contributed by atoms with Crippen molar-refractivity contribution in [1.82, 2.24) is 0 Å². The minimum Gasteiger partial charge on any atom is -0.347 e. The number of fused-ring (bicyclic) bond motifs is 10. The summed E-state index contributed by atoms with van der Waals surface area (Å²) in [7, 11) is 2.28. The molecule has 0 bridgehead atoms. The Hall–Kier alpha value is -8.27. The van der Waals surface area contributed by atoms with Gasteiger partial charge in [-0.2, -0.15) is 4.58 Å². The lowest BCUT2D eigenvalue weighted by atomic mass is 9.68. The Bertz CT molecular complexity index is 4310. The third-order valence-corrected chi connectivity index (χ3v) is 19.4. The molecule has 0 radical (unpaired) electrons. The monoisotopic (exact) mass is 1110 g/mol. The van der Waals surface area contributed by atoms with Crippen LogP contribution in [-0.2, 0) is 28.1 Å². The number of nitrogens with zero attached hydrogens (tertiary/aromatic N) is 3. The van der Waals surface area contributed by atoms with Gasteiger partial charge in [-0.25, -0.2) is 0 Å². The molecule has 3 heterocycles. The molecule has 0 spiro atoms. The van der Waals surface area contributed by atoms with Crippen LogP contribution in [0.5, 0.6) is 0 Å². The van der Waals surface area contributed by atoms with Gasteiger partial charge < -0.3 is 9.80 Å². The Labute approximate surface area is 508 Å². The SMILES string of the molecule is C=C(C)CC1(C)C(C=CC=C2N(C)c3cc(Cc4cc(C)c(C(C)(CC(=C)C)C(=C)/C=C/C=C5/N(CC)c6ccc7ccccc7c6C5(C)CC(=C)C)c5ccccc45)c4ccccc4c3C2(C)CC(=C)C)=[N+](CC)c2ccc3ccccc3c21. The molecule has 0 N–H and O–H groups in total. The number of likely N-dealkylation sites (N-methyl/N-ethyl adjacent to an activating group) is 2. The lowest BCUT2D eigenvalue weighted by Crippen LogP contribution is -2.31. The van der Waals surface area contributed by atoms with Crippen molar-refractivity contribution in [3.05, 3.63) is 281 Å². The maximum Gasteiger partial charge on any atom is 0.210 e. The van der Waals surface area contributed by atoms with Crippen LogP contribution >= 0.6 is 0 Å². The average molecular weight is 1120 g/mol. The molecule has 3 aliphatic rings. The molecule has 0 aliphatic carbocycles. The van der Waals surface area contributed by atoms with Gasteiger partial charge in [0.2, 0.25) is 5.69 Å². The van der Waals surface area contributed by atoms with E-state index in [9.17, 15) is 0 Å². The average Bonchev–Trinajstić information content (AvgIpc) is 2.38. The second-order valence-corrected chi connectivity index (χ2v) is 26.4. The summed E-state index contributed by atoms with van der Waals surface area (Å²) in [6.07, 6.45) is 18.1. The van der Waals surface area contributed by atoms with Crippen molar-refractivity contribution >= 4 is 65.9 Å². The lowest BCUT2D eigenvalue weighted by Gasteiger charge is -2.35. The van der Waals surface area contributed by atoms with Crippen molar-refractivity contribution < 1.29 is 4.58 Å². The summed E-state index contributed by atoms with van der Waals surface area (Å²) in [6, 6.07) is 50.1. The molecule has 8 aromatic rings. The van der Waals surface area contributed by atoms with Crippen LogP contribution in [0, 0.1) is 6.92 Å². The van der Waals surface area contributed by atoms with Crippen molar-refractivity contribution in [1.29, 1.82) is 0 Å². The highest BCUT2D eigenvalue weighted by Gasteiger charge is 2.49. The minimum absolute atomic E-state index is 0.249. The molecule has 3 heteroatoms. The first-order chi connectivity index (χ1) is 40.6. The zero-order valence-electron chi connectivity index (χ0n) is 53.0. The minimum atomic E-state index is -0.441. The molecule has 11 rings (SSSR count). The van der Waals surface area contributed by atoms with Gasteiger partial charge in [-0.05, 0) is 214 Å². The number of anilines is 2. The van der Waals surface area contributed by atoms with E-state index in [0.717, 1.165) is 56.3 Å². The standard InChI is InChI=1S/C82H88N3/c1-18-84-69-44-42-59-31-20-22-35-65(59)76(69)81(15,51-55(7)8)73(84)40-28-30-58(12)79(13,49-53(3)4)75-57(11)46-61(63-33-24-26-37-67(63)75)47-62-48-71-78(68-38-27-25-34-64(62)68)80(14,50-54(5)6)72(83(71)17)39-29-41-74-82(16,52-56(9)10)77-66-36-23-21-32-60(66)43-45-70(77)85(74)19-2/h20-46,48H,3,5,7,9,12,18-19,47,49-52H2,1-2,4,6,8,10-11,13-17H3/q+1/b30-28+,73-40+. The van der Waals surface area contributed by atoms with E-state index in [4.69, 9.17) is 6.58 Å². The molecule has 3 nitrogen and oxygen atoms in total. The van der Waals surface area contributed by atoms with Gasteiger partial charge in [0.1, 0.15) is 6.54 Å². The smallest absolute Gasteiger partial charge is 0.210 e. The van der Waals surface area contributed by atoms with E-state index in [2.05, 4.69) is 294 Å². The van der Waals surface area contributed by atoms with Gasteiger partial charge in [-0.3, -0.25) is 0 Å². The van der Waals surface area contributed by atoms with Crippen molar-refractivity contribution in [3.8, 4) is 0 Å². The predicted molar refractivity (Wildman–Crippen MR) is 371 cm³/mol. The Morgan fingerprint density at radius 1 is 0.553 bits per heavy atom. The van der Waals surface area contributed by atoms with E-state index in [1.165, 1.54) is 133 Å². The number of aryl methyl sites for hydroxylation is 1. The van der Waals surface area contributed by atoms with Gasteiger partial charge in [-0.1, -0.05) is 163 Å². The van der Waals surface area contributed by atoms with Crippen molar-refractivity contribution in [2.75, 3.05) is 29.9 Å². The molecule has 0 saturated carbocycles. The maximum atomic E-state index is 4.94. The number of hydrogen-bond acceptors (Lipinski definition) is 2. The summed E-state index contributed by atoms with van der Waals surface area (Å²) in [5.74, 6) is 0. The van der Waals surface area contributed by atoms with Gasteiger partial charge in [-0.15, -0.1) is 26.3 Å². The fraction of sp³-hybridized carbons (Fsp3) is 0.280. The van der Waals surface area contributed by atoms with Gasteiger partial charge in [0.15, 0.2) is 5.71 Å². The highest BCUT2D eigenvalue weighted by atomic mass is 15.2. The number of allylic oxidation sites excluding steroid dienone is 13. The highest BCUT2D eigenvalue weighted by molar-refractivity contribution is 6.08. The van der Waals surface area contributed by atoms with Crippen LogP contribution in [-0.4, -0.2) is 30.4 Å². The van der Waals surface area contributed by atoms with Crippen molar-refractivity contribution in [2.24, 2.45) is 0 Å². The third kappa shape index (κ3) is 9.73. The molecule has 430 valence electrons. The number of rotatable bonds is 18. The molecule has 85 heavy (non-hydrogen) atoms. The molecule has 0 aromatic heterocycles. The fourth-order valence-electron chi connectivity index (χ4n) is 16.5. The first-order valence-electron chi connectivity index (χ1n) is 30.9. The molecular formula is C82H88N3+. The maximum absolute atomic E-state index is 4.94. The summed E-state index contributed by atoms with van der Waals surface area (Å²) in [5.41, 5.74) is 21.5. The van der Waals surface area contributed by atoms with Crippen LogP contribution in [0.15, 0.2) is 242 Å². The van der Waals surface area contributed by atoms with Crippen LogP contribution in [0.1, 0.15) is 134 Å². The first kappa shape index (κ1) is 58.5. The van der Waals surface area contributed by atoms with Crippen LogP contribution in [0.25, 0.3) is 43.1 Å². The zero-order valence-corrected chi connectivity index (χ0v) is 53.0. The Kier molecular flexibility index (Phi) is 15.3. The molecule has 8 aromatic carbocycles. The topological polar surface area (TPSA) is 9.49 Å². The Balaban J connectivity index is 0.974. The fourth-order valence-corrected chi connectivity index (χ4v) is 16.5. The molecule has 3 aliphatic heterocycles. The Morgan fingerprint density at radius 2 is 1.06 bits per heavy atom. The number of benzene rings is 8. The summed E-state index contributed by atoms with van der Waals surface area (Å²) >= 11 is 0. The normalized spacial score (nSPS) is 20.9. The first-order valence-corrected chi connectivity index (χ1v) is 30.9. The van der Waals surface area contributed by atoms with Gasteiger partial charge in [0.05, 0.1) is 5.41 Å². The van der Waals surface area contributed by atoms with E-state index >= 15 is 0 Å². The molecule has 0 fully saturated rings. The lowest BCUT2D eigenvalue weighted by molar-refractivity contribution is -0.433. The van der Waals surface area contributed by atoms with Gasteiger partial charge >= 0.3 is 0 Å². The summed E-state index contributed by atoms with van der Waals surface area (Å²) in [6.45, 7) is 49.9. The van der Waals surface area contributed by atoms with E-state index in [1.54, 1.807) is 0 Å². The number of hydrogen-bond donors (Lipinski definition) is 0. The largest absolute Gasteiger partial charge is 0.347 e.